The number of hydrogen-bond donors (Lipinski definition) is 0. The fourth-order valence-electron chi connectivity index (χ4n) is 6.74. The van der Waals surface area contributed by atoms with Gasteiger partial charge >= 0.3 is 0 Å². The molecule has 0 radical (unpaired) electrons. The molecule has 0 atom stereocenters. The minimum atomic E-state index is -0.697. The number of benzene rings is 7. The van der Waals surface area contributed by atoms with E-state index in [1.165, 1.54) is 0 Å². The molecule has 0 amide bonds. The zero-order chi connectivity index (χ0) is 47.4. The second-order valence-electron chi connectivity index (χ2n) is 11.7. The van der Waals surface area contributed by atoms with Gasteiger partial charge in [0.2, 0.25) is 11.9 Å². The van der Waals surface area contributed by atoms with Crippen LogP contribution in [0.5, 0.6) is 0 Å². The monoisotopic (exact) mass is 669 g/mol. The summed E-state index contributed by atoms with van der Waals surface area (Å²) in [5, 5.41) is 0.720. The van der Waals surface area contributed by atoms with Gasteiger partial charge in [0, 0.05) is 37.9 Å². The summed E-state index contributed by atoms with van der Waals surface area (Å²) in [6.07, 6.45) is 0. The highest BCUT2D eigenvalue weighted by atomic mass is 16.3. The molecule has 0 N–H and O–H groups in total. The molecule has 51 heavy (non-hydrogen) atoms. The van der Waals surface area contributed by atoms with E-state index in [-0.39, 0.29) is 49.4 Å². The van der Waals surface area contributed by atoms with Crippen LogP contribution in [0.15, 0.2) is 168 Å². The third-order valence-electron chi connectivity index (χ3n) is 8.93. The molecule has 0 saturated carbocycles. The minimum absolute atomic E-state index is 0.146. The first-order valence-corrected chi connectivity index (χ1v) is 15.7. The highest BCUT2D eigenvalue weighted by Crippen LogP contribution is 2.38. The fraction of sp³-hybridized carbons (Fsp3) is 0. The Bertz CT molecular complexity index is 3730. The van der Waals surface area contributed by atoms with Gasteiger partial charge in [-0.3, -0.25) is 9.13 Å². The number of nitrogens with zero attached hydrogens (tertiary/aromatic N) is 5. The van der Waals surface area contributed by atoms with Gasteiger partial charge in [-0.2, -0.15) is 15.0 Å². The van der Waals surface area contributed by atoms with Crippen molar-refractivity contribution in [3.63, 3.8) is 0 Å². The van der Waals surface area contributed by atoms with Crippen LogP contribution in [0, 0.1) is 0 Å². The van der Waals surface area contributed by atoms with E-state index < -0.39 is 109 Å². The Labute approximate surface area is 314 Å². The van der Waals surface area contributed by atoms with Gasteiger partial charge in [-0.15, -0.1) is 0 Å². The predicted molar refractivity (Wildman–Crippen MR) is 207 cm³/mol. The van der Waals surface area contributed by atoms with Crippen molar-refractivity contribution in [2.75, 3.05) is 0 Å². The van der Waals surface area contributed by atoms with E-state index in [1.807, 2.05) is 42.5 Å². The third kappa shape index (κ3) is 4.14. The first-order valence-electron chi connectivity index (χ1n) is 23.7. The van der Waals surface area contributed by atoms with E-state index in [2.05, 4.69) is 0 Å². The second kappa shape index (κ2) is 10.7. The predicted octanol–water partition coefficient (Wildman–Crippen LogP) is 11.3. The molecule has 0 unspecified atom stereocenters. The van der Waals surface area contributed by atoms with Crippen molar-refractivity contribution in [2.24, 2.45) is 0 Å². The highest BCUT2D eigenvalue weighted by molar-refractivity contribution is 6.13. The topological polar surface area (TPSA) is 61.7 Å². The molecule has 0 spiro atoms. The summed E-state index contributed by atoms with van der Waals surface area (Å²) in [6, 6.07) is 9.80. The van der Waals surface area contributed by atoms with Crippen LogP contribution < -0.4 is 0 Å². The molecule has 0 aliphatic carbocycles. The molecular formula is C45H27N5O. The number of para-hydroxylation sites is 5. The molecule has 0 fully saturated rings. The fourth-order valence-corrected chi connectivity index (χ4v) is 6.74. The Kier molecular flexibility index (Phi) is 3.48. The maximum atomic E-state index is 9.14. The summed E-state index contributed by atoms with van der Waals surface area (Å²) >= 11 is 0. The van der Waals surface area contributed by atoms with Crippen molar-refractivity contribution in [2.45, 2.75) is 0 Å². The van der Waals surface area contributed by atoms with Crippen molar-refractivity contribution in [1.82, 2.24) is 24.1 Å². The first-order chi connectivity index (χ1) is 31.9. The van der Waals surface area contributed by atoms with Gasteiger partial charge < -0.3 is 4.42 Å². The average Bonchev–Trinajstić information content (AvgIpc) is 4.03. The lowest BCUT2D eigenvalue weighted by Gasteiger charge is -2.13. The Hall–Kier alpha value is -7.05. The molecule has 0 saturated heterocycles. The van der Waals surface area contributed by atoms with Crippen LogP contribution in [-0.4, -0.2) is 24.1 Å². The molecule has 0 bridgehead atoms. The molecule has 0 aliphatic heterocycles. The largest absolute Gasteiger partial charge is 0.456 e. The molecule has 11 rings (SSSR count). The summed E-state index contributed by atoms with van der Waals surface area (Å²) in [6.45, 7) is 0. The van der Waals surface area contributed by atoms with E-state index in [0.29, 0.717) is 16.7 Å². The Balaban J connectivity index is 1.29. The van der Waals surface area contributed by atoms with E-state index >= 15 is 0 Å². The van der Waals surface area contributed by atoms with E-state index in [4.69, 9.17) is 41.3 Å². The van der Waals surface area contributed by atoms with Crippen LogP contribution in [0.25, 0.3) is 100.0 Å². The molecular weight excluding hydrogens is 627 g/mol. The zero-order valence-electron chi connectivity index (χ0n) is 42.0. The quantitative estimate of drug-likeness (QED) is 0.187. The van der Waals surface area contributed by atoms with E-state index in [0.717, 1.165) is 31.0 Å². The van der Waals surface area contributed by atoms with E-state index in [9.17, 15) is 0 Å². The summed E-state index contributed by atoms with van der Waals surface area (Å²) in [5.74, 6) is -1.08. The summed E-state index contributed by atoms with van der Waals surface area (Å²) in [7, 11) is 0. The molecule has 4 heterocycles. The summed E-state index contributed by atoms with van der Waals surface area (Å²) in [4.78, 5) is 14.3. The maximum Gasteiger partial charge on any atom is 0.240 e. The summed E-state index contributed by atoms with van der Waals surface area (Å²) in [5.41, 5.74) is 2.00. The lowest BCUT2D eigenvalue weighted by Crippen LogP contribution is -2.10. The van der Waals surface area contributed by atoms with Crippen LogP contribution in [0.2, 0.25) is 0 Å². The normalized spacial score (nSPS) is 16.3. The number of fused-ring (bicyclic) bond motifs is 9. The van der Waals surface area contributed by atoms with Gasteiger partial charge in [-0.05, 0) is 47.4 Å². The summed E-state index contributed by atoms with van der Waals surface area (Å²) < 4.78 is 149. The molecule has 6 nitrogen and oxygen atoms in total. The third-order valence-corrected chi connectivity index (χ3v) is 8.93. The molecule has 6 heteroatoms. The van der Waals surface area contributed by atoms with Gasteiger partial charge in [0.25, 0.3) is 0 Å². The number of rotatable bonds is 4. The van der Waals surface area contributed by atoms with Crippen molar-refractivity contribution in [1.29, 1.82) is 0 Å². The van der Waals surface area contributed by atoms with Crippen LogP contribution in [0.3, 0.4) is 0 Å². The Morgan fingerprint density at radius 1 is 0.431 bits per heavy atom. The smallest absolute Gasteiger partial charge is 0.240 e. The van der Waals surface area contributed by atoms with Gasteiger partial charge in [-0.25, -0.2) is 0 Å². The molecule has 11 aromatic rings. The highest BCUT2D eigenvalue weighted by Gasteiger charge is 2.20. The second-order valence-corrected chi connectivity index (χ2v) is 11.7. The number of hydrogen-bond acceptors (Lipinski definition) is 4. The Morgan fingerprint density at radius 2 is 0.902 bits per heavy atom. The maximum absolute atomic E-state index is 9.14. The molecule has 7 aromatic carbocycles. The van der Waals surface area contributed by atoms with Gasteiger partial charge in [0.1, 0.15) is 11.2 Å². The zero-order valence-corrected chi connectivity index (χ0v) is 26.0. The van der Waals surface area contributed by atoms with Crippen molar-refractivity contribution in [3.8, 4) is 34.4 Å². The minimum Gasteiger partial charge on any atom is -0.456 e. The molecule has 238 valence electrons. The SMILES string of the molecule is [2H]c1c([2H])c([2H])c2c(c1[2H])c1c([2H])c([2H])c([2H])c([2H])c1n2-c1nc(-c2ccc(-c3cccc4oc5ccccc5c34)cc2)nc(-n2c3c([2H])c([2H])c([2H])c([2H])c3c3c([2H])c([2H])c([2H])c([2H])c32)n1. The van der Waals surface area contributed by atoms with Gasteiger partial charge in [-0.1, -0.05) is 127 Å². The van der Waals surface area contributed by atoms with Crippen LogP contribution >= 0.6 is 0 Å². The van der Waals surface area contributed by atoms with Crippen LogP contribution in [0.1, 0.15) is 21.9 Å². The number of aromatic nitrogens is 5. The molecule has 0 aliphatic rings. The van der Waals surface area contributed by atoms with Crippen LogP contribution in [0.4, 0.5) is 0 Å². The van der Waals surface area contributed by atoms with Gasteiger partial charge in [0.05, 0.1) is 44.0 Å². The molecule has 4 aromatic heterocycles. The van der Waals surface area contributed by atoms with E-state index in [1.54, 1.807) is 24.3 Å². The first kappa shape index (κ1) is 16.6. The van der Waals surface area contributed by atoms with Crippen molar-refractivity contribution >= 4 is 65.6 Å². The lowest BCUT2D eigenvalue weighted by atomic mass is 9.98. The Morgan fingerprint density at radius 3 is 1.45 bits per heavy atom. The lowest BCUT2D eigenvalue weighted by molar-refractivity contribution is 0.669. The standard InChI is InChI=1S/C45H27N5O/c1-6-18-36-31(12-1)32-13-2-7-19-37(32)49(36)44-46-43(47-45(48-44)50-38-20-8-3-14-33(38)34-15-4-9-21-39(34)50)29-26-24-28(25-27-29)30-17-11-23-41-42(30)35-16-5-10-22-40(35)51-41/h1-27H/i1D,2D,3D,4D,6D,7D,8D,9D,12D,13D,14D,15D,18D,19D,20D,21D. The van der Waals surface area contributed by atoms with Crippen molar-refractivity contribution in [3.05, 3.63) is 163 Å². The number of furan rings is 1. The average molecular weight is 670 g/mol. The van der Waals surface area contributed by atoms with Crippen molar-refractivity contribution < 1.29 is 26.3 Å². The van der Waals surface area contributed by atoms with Crippen LogP contribution in [-0.2, 0) is 0 Å². The van der Waals surface area contributed by atoms with Gasteiger partial charge in [0.15, 0.2) is 5.82 Å².